The summed E-state index contributed by atoms with van der Waals surface area (Å²) in [6.07, 6.45) is 4.05. The molecule has 5 heteroatoms. The van der Waals surface area contributed by atoms with Gasteiger partial charge in [0, 0.05) is 21.5 Å². The molecule has 0 atom stereocenters. The van der Waals surface area contributed by atoms with Crippen LogP contribution < -0.4 is 5.32 Å². The minimum absolute atomic E-state index is 0.000250. The van der Waals surface area contributed by atoms with Gasteiger partial charge in [-0.15, -0.1) is 0 Å². The third-order valence-corrected chi connectivity index (χ3v) is 4.69. The number of alkyl halides is 1. The van der Waals surface area contributed by atoms with Crippen molar-refractivity contribution in [1.82, 2.24) is 5.32 Å². The highest BCUT2D eigenvalue weighted by molar-refractivity contribution is 9.09. The predicted octanol–water partition coefficient (Wildman–Crippen LogP) is 3.84. The van der Waals surface area contributed by atoms with Crippen molar-refractivity contribution in [3.05, 3.63) is 34.6 Å². The number of nitrogens with one attached hydrogen (secondary N) is 1. The highest BCUT2D eigenvalue weighted by Gasteiger charge is 2.21. The Kier molecular flexibility index (Phi) is 5.22. The smallest absolute Gasteiger partial charge is 0.224 e. The molecule has 104 valence electrons. The molecule has 1 N–H and O–H groups in total. The van der Waals surface area contributed by atoms with Gasteiger partial charge in [-0.3, -0.25) is 4.79 Å². The SMILES string of the molecule is O=C(Cc1c(F)cccc1Cl)NC1CCC(Br)CC1. The topological polar surface area (TPSA) is 29.1 Å². The third-order valence-electron chi connectivity index (χ3n) is 3.42. The van der Waals surface area contributed by atoms with E-state index >= 15 is 0 Å². The molecule has 0 heterocycles. The van der Waals surface area contributed by atoms with E-state index in [-0.39, 0.29) is 23.9 Å². The van der Waals surface area contributed by atoms with Crippen molar-refractivity contribution in [2.75, 3.05) is 0 Å². The minimum Gasteiger partial charge on any atom is -0.353 e. The summed E-state index contributed by atoms with van der Waals surface area (Å²) in [7, 11) is 0. The van der Waals surface area contributed by atoms with Crippen LogP contribution in [0.15, 0.2) is 18.2 Å². The Labute approximate surface area is 125 Å². The summed E-state index contributed by atoms with van der Waals surface area (Å²) in [6, 6.07) is 4.66. The van der Waals surface area contributed by atoms with Crippen LogP contribution in [0.1, 0.15) is 31.2 Å². The van der Waals surface area contributed by atoms with Crippen molar-refractivity contribution in [3.63, 3.8) is 0 Å². The van der Waals surface area contributed by atoms with Crippen molar-refractivity contribution in [3.8, 4) is 0 Å². The zero-order valence-corrected chi connectivity index (χ0v) is 12.8. The lowest BCUT2D eigenvalue weighted by atomic mass is 9.95. The van der Waals surface area contributed by atoms with E-state index in [9.17, 15) is 9.18 Å². The Bertz CT molecular complexity index is 441. The van der Waals surface area contributed by atoms with Crippen molar-refractivity contribution >= 4 is 33.4 Å². The van der Waals surface area contributed by atoms with Crippen LogP contribution in [0.5, 0.6) is 0 Å². The molecule has 0 aromatic heterocycles. The van der Waals surface area contributed by atoms with Crippen LogP contribution in [0.4, 0.5) is 4.39 Å². The zero-order chi connectivity index (χ0) is 13.8. The van der Waals surface area contributed by atoms with E-state index in [1.54, 1.807) is 6.07 Å². The van der Waals surface area contributed by atoms with Gasteiger partial charge in [0.2, 0.25) is 5.91 Å². The Morgan fingerprint density at radius 3 is 2.68 bits per heavy atom. The fraction of sp³-hybridized carbons (Fsp3) is 0.500. The number of carbonyl (C=O) groups is 1. The Morgan fingerprint density at radius 1 is 1.37 bits per heavy atom. The number of benzene rings is 1. The maximum absolute atomic E-state index is 13.6. The molecule has 1 saturated carbocycles. The van der Waals surface area contributed by atoms with Gasteiger partial charge >= 0.3 is 0 Å². The number of halogens is 3. The molecule has 0 bridgehead atoms. The van der Waals surface area contributed by atoms with Gasteiger partial charge in [0.15, 0.2) is 0 Å². The van der Waals surface area contributed by atoms with Gasteiger partial charge in [-0.25, -0.2) is 4.39 Å². The number of carbonyl (C=O) groups excluding carboxylic acids is 1. The van der Waals surface area contributed by atoms with Crippen molar-refractivity contribution in [2.24, 2.45) is 0 Å². The van der Waals surface area contributed by atoms with Gasteiger partial charge in [-0.1, -0.05) is 33.6 Å². The average molecular weight is 349 g/mol. The van der Waals surface area contributed by atoms with Crippen LogP contribution in [0.3, 0.4) is 0 Å². The molecule has 0 saturated heterocycles. The van der Waals surface area contributed by atoms with Gasteiger partial charge in [-0.05, 0) is 37.8 Å². The van der Waals surface area contributed by atoms with E-state index in [1.165, 1.54) is 12.1 Å². The second-order valence-electron chi connectivity index (χ2n) is 4.89. The predicted molar refractivity (Wildman–Crippen MR) is 78.2 cm³/mol. The first-order chi connectivity index (χ1) is 9.06. The molecule has 1 fully saturated rings. The number of hydrogen-bond acceptors (Lipinski definition) is 1. The summed E-state index contributed by atoms with van der Waals surface area (Å²) >= 11 is 9.48. The molecule has 1 aromatic carbocycles. The summed E-state index contributed by atoms with van der Waals surface area (Å²) in [5.74, 6) is -0.586. The summed E-state index contributed by atoms with van der Waals surface area (Å²) in [5.41, 5.74) is 0.274. The molecule has 0 radical (unpaired) electrons. The molecule has 1 aromatic rings. The van der Waals surface area contributed by atoms with Gasteiger partial charge in [0.05, 0.1) is 6.42 Å². The third kappa shape index (κ3) is 4.18. The Balaban J connectivity index is 1.91. The molecular formula is C14H16BrClFNO. The van der Waals surface area contributed by atoms with Gasteiger partial charge < -0.3 is 5.32 Å². The first kappa shape index (κ1) is 14.8. The summed E-state index contributed by atoms with van der Waals surface area (Å²) in [5, 5.41) is 3.26. The molecule has 1 amide bonds. The lowest BCUT2D eigenvalue weighted by Crippen LogP contribution is -2.38. The molecule has 19 heavy (non-hydrogen) atoms. The second-order valence-corrected chi connectivity index (χ2v) is 6.60. The van der Waals surface area contributed by atoms with E-state index in [4.69, 9.17) is 11.6 Å². The average Bonchev–Trinajstić information content (AvgIpc) is 2.37. The van der Waals surface area contributed by atoms with Crippen molar-refractivity contribution in [1.29, 1.82) is 0 Å². The number of rotatable bonds is 3. The molecule has 2 nitrogen and oxygen atoms in total. The van der Waals surface area contributed by atoms with E-state index in [2.05, 4.69) is 21.2 Å². The van der Waals surface area contributed by atoms with Crippen molar-refractivity contribution in [2.45, 2.75) is 43.0 Å². The summed E-state index contributed by atoms with van der Waals surface area (Å²) in [4.78, 5) is 12.5. The largest absolute Gasteiger partial charge is 0.353 e. The van der Waals surface area contributed by atoms with Crippen LogP contribution in [0, 0.1) is 5.82 Å². The van der Waals surface area contributed by atoms with Crippen LogP contribution in [-0.4, -0.2) is 16.8 Å². The monoisotopic (exact) mass is 347 g/mol. The van der Waals surface area contributed by atoms with E-state index in [1.807, 2.05) is 0 Å². The molecule has 1 aliphatic rings. The lowest BCUT2D eigenvalue weighted by molar-refractivity contribution is -0.121. The molecule has 0 aliphatic heterocycles. The zero-order valence-electron chi connectivity index (χ0n) is 10.5. The van der Waals surface area contributed by atoms with E-state index < -0.39 is 5.82 Å². The number of hydrogen-bond donors (Lipinski definition) is 1. The molecule has 0 unspecified atom stereocenters. The molecule has 0 spiro atoms. The highest BCUT2D eigenvalue weighted by atomic mass is 79.9. The van der Waals surface area contributed by atoms with Crippen LogP contribution >= 0.6 is 27.5 Å². The fourth-order valence-electron chi connectivity index (χ4n) is 2.34. The Hall–Kier alpha value is -0.610. The molecule has 1 aliphatic carbocycles. The minimum atomic E-state index is -0.424. The van der Waals surface area contributed by atoms with Gasteiger partial charge in [-0.2, -0.15) is 0 Å². The highest BCUT2D eigenvalue weighted by Crippen LogP contribution is 2.24. The van der Waals surface area contributed by atoms with Crippen LogP contribution in [0.2, 0.25) is 5.02 Å². The second kappa shape index (κ2) is 6.71. The summed E-state index contributed by atoms with van der Waals surface area (Å²) in [6.45, 7) is 0. The van der Waals surface area contributed by atoms with Gasteiger partial charge in [0.25, 0.3) is 0 Å². The van der Waals surface area contributed by atoms with Crippen molar-refractivity contribution < 1.29 is 9.18 Å². The van der Waals surface area contributed by atoms with Crippen LogP contribution in [-0.2, 0) is 11.2 Å². The molecular weight excluding hydrogens is 333 g/mol. The van der Waals surface area contributed by atoms with Crippen LogP contribution in [0.25, 0.3) is 0 Å². The standard InChI is InChI=1S/C14H16BrClFNO/c15-9-4-6-10(7-5-9)18-14(19)8-11-12(16)2-1-3-13(11)17/h1-3,9-10H,4-8H2,(H,18,19). The fourth-order valence-corrected chi connectivity index (χ4v) is 3.10. The Morgan fingerprint density at radius 2 is 2.05 bits per heavy atom. The van der Waals surface area contributed by atoms with E-state index in [0.717, 1.165) is 25.7 Å². The maximum Gasteiger partial charge on any atom is 0.224 e. The number of amides is 1. The van der Waals surface area contributed by atoms with Gasteiger partial charge in [0.1, 0.15) is 5.82 Å². The normalized spacial score (nSPS) is 23.1. The quantitative estimate of drug-likeness (QED) is 0.826. The lowest BCUT2D eigenvalue weighted by Gasteiger charge is -2.26. The first-order valence-electron chi connectivity index (χ1n) is 6.42. The summed E-state index contributed by atoms with van der Waals surface area (Å²) < 4.78 is 13.6. The van der Waals surface area contributed by atoms with E-state index in [0.29, 0.717) is 9.85 Å². The molecule has 2 rings (SSSR count). The maximum atomic E-state index is 13.6. The first-order valence-corrected chi connectivity index (χ1v) is 7.72.